The number of benzene rings is 2. The monoisotopic (exact) mass is 614 g/mol. The lowest BCUT2D eigenvalue weighted by Crippen LogP contribution is -2.59. The number of hydrogen-bond acceptors (Lipinski definition) is 7. The molecule has 1 aliphatic carbocycles. The third kappa shape index (κ3) is 4.21. The van der Waals surface area contributed by atoms with Crippen molar-refractivity contribution in [3.63, 3.8) is 0 Å². The number of H-pyrrole nitrogens is 1. The fourth-order valence-corrected chi connectivity index (χ4v) is 7.66. The SMILES string of the molecule is C=CC(=O)N1CC2(CCN(c3nc(N4CC(N(C)C)C4)nc4c(F)c(-c5c(C)ccc6n[nH]c(C7CC7)c56)c(Cl)cc34)C2)C1. The Labute approximate surface area is 260 Å². The summed E-state index contributed by atoms with van der Waals surface area (Å²) in [5, 5.41) is 9.68. The van der Waals surface area contributed by atoms with Crippen LogP contribution in [0.25, 0.3) is 32.9 Å². The first-order valence-electron chi connectivity index (χ1n) is 15.4. The van der Waals surface area contributed by atoms with Crippen molar-refractivity contribution in [2.45, 2.75) is 38.1 Å². The molecule has 4 aliphatic rings. The van der Waals surface area contributed by atoms with Crippen LogP contribution in [0.2, 0.25) is 5.02 Å². The van der Waals surface area contributed by atoms with Crippen LogP contribution in [0.4, 0.5) is 16.2 Å². The molecular formula is C33H36ClFN8O. The van der Waals surface area contributed by atoms with Crippen molar-refractivity contribution in [2.75, 3.05) is 63.2 Å². The molecular weight excluding hydrogens is 579 g/mol. The molecule has 1 spiro atoms. The summed E-state index contributed by atoms with van der Waals surface area (Å²) in [5.41, 5.74) is 4.24. The highest BCUT2D eigenvalue weighted by molar-refractivity contribution is 6.35. The molecule has 0 atom stereocenters. The van der Waals surface area contributed by atoms with E-state index in [-0.39, 0.29) is 16.8 Å². The fraction of sp³-hybridized carbons (Fsp3) is 0.455. The van der Waals surface area contributed by atoms with Crippen molar-refractivity contribution in [3.8, 4) is 11.1 Å². The molecule has 0 unspecified atom stereocenters. The van der Waals surface area contributed by atoms with E-state index in [2.05, 4.69) is 45.6 Å². The molecule has 3 aliphatic heterocycles. The van der Waals surface area contributed by atoms with Gasteiger partial charge in [-0.2, -0.15) is 10.1 Å². The number of aryl methyl sites for hydroxylation is 1. The van der Waals surface area contributed by atoms with E-state index < -0.39 is 5.82 Å². The van der Waals surface area contributed by atoms with Crippen molar-refractivity contribution in [3.05, 3.63) is 53.0 Å². The summed E-state index contributed by atoms with van der Waals surface area (Å²) < 4.78 is 17.1. The van der Waals surface area contributed by atoms with E-state index in [1.54, 1.807) is 0 Å². The molecule has 1 saturated carbocycles. The number of rotatable bonds is 6. The lowest BCUT2D eigenvalue weighted by atomic mass is 9.79. The van der Waals surface area contributed by atoms with Gasteiger partial charge in [0.25, 0.3) is 0 Å². The molecule has 5 heterocycles. The average Bonchev–Trinajstić information content (AvgIpc) is 3.54. The molecule has 0 radical (unpaired) electrons. The van der Waals surface area contributed by atoms with Gasteiger partial charge in [0, 0.05) is 84.2 Å². The first-order valence-corrected chi connectivity index (χ1v) is 15.8. The van der Waals surface area contributed by atoms with Gasteiger partial charge in [-0.3, -0.25) is 9.89 Å². The number of aromatic nitrogens is 4. The Balaban J connectivity index is 1.26. The summed E-state index contributed by atoms with van der Waals surface area (Å²) in [4.78, 5) is 30.5. The van der Waals surface area contributed by atoms with E-state index in [1.165, 1.54) is 6.08 Å². The number of likely N-dealkylation sites (N-methyl/N-ethyl adjacent to an activating group) is 1. The number of carbonyl (C=O) groups excluding carboxylic acids is 1. The number of hydrogen-bond donors (Lipinski definition) is 1. The molecule has 2 aromatic heterocycles. The number of anilines is 2. The first-order chi connectivity index (χ1) is 21.2. The summed E-state index contributed by atoms with van der Waals surface area (Å²) in [6.45, 7) is 10.1. The van der Waals surface area contributed by atoms with Gasteiger partial charge >= 0.3 is 0 Å². The second-order valence-corrected chi connectivity index (χ2v) is 13.9. The zero-order valence-corrected chi connectivity index (χ0v) is 26.1. The van der Waals surface area contributed by atoms with Gasteiger partial charge < -0.3 is 19.6 Å². The van der Waals surface area contributed by atoms with Crippen molar-refractivity contribution >= 4 is 51.1 Å². The van der Waals surface area contributed by atoms with E-state index in [0.717, 1.165) is 73.2 Å². The highest BCUT2D eigenvalue weighted by Crippen LogP contribution is 2.49. The standard InChI is InChI=1S/C33H36ClFN8O/c1-5-24(44)43-16-33(17-43)10-11-41(15-33)31-21-12-22(34)26(25-18(2)6-9-23-27(25)29(39-38-23)19-7-8-19)28(35)30(21)36-32(37-31)42-13-20(14-42)40(3)4/h5-6,9,12,19-20H,1,7-8,10-11,13-17H2,2-4H3,(H,38,39). The summed E-state index contributed by atoms with van der Waals surface area (Å²) in [5.74, 6) is 1.18. The number of halogens is 2. The first kappa shape index (κ1) is 27.8. The number of amides is 1. The Morgan fingerprint density at radius 2 is 1.93 bits per heavy atom. The lowest BCUT2D eigenvalue weighted by Gasteiger charge is -2.47. The molecule has 9 nitrogen and oxygen atoms in total. The molecule has 228 valence electrons. The summed E-state index contributed by atoms with van der Waals surface area (Å²) in [6, 6.07) is 6.21. The normalized spacial score (nSPS) is 19.8. The van der Waals surface area contributed by atoms with E-state index in [0.29, 0.717) is 52.8 Å². The van der Waals surface area contributed by atoms with Crippen LogP contribution in [-0.4, -0.2) is 95.3 Å². The summed E-state index contributed by atoms with van der Waals surface area (Å²) in [6.07, 6.45) is 4.50. The second-order valence-electron chi connectivity index (χ2n) is 13.4. The quantitative estimate of drug-likeness (QED) is 0.302. The van der Waals surface area contributed by atoms with Crippen LogP contribution in [0.5, 0.6) is 0 Å². The average molecular weight is 615 g/mol. The van der Waals surface area contributed by atoms with Crippen LogP contribution in [-0.2, 0) is 4.79 Å². The predicted molar refractivity (Wildman–Crippen MR) is 172 cm³/mol. The van der Waals surface area contributed by atoms with Crippen LogP contribution in [0.1, 0.15) is 36.4 Å². The zero-order chi connectivity index (χ0) is 30.5. The van der Waals surface area contributed by atoms with E-state index >= 15 is 4.39 Å². The van der Waals surface area contributed by atoms with Crippen LogP contribution in [0.15, 0.2) is 30.9 Å². The Morgan fingerprint density at radius 3 is 2.64 bits per heavy atom. The third-order valence-electron chi connectivity index (χ3n) is 10.2. The minimum Gasteiger partial charge on any atom is -0.355 e. The number of carbonyl (C=O) groups is 1. The molecule has 44 heavy (non-hydrogen) atoms. The predicted octanol–water partition coefficient (Wildman–Crippen LogP) is 5.13. The second kappa shape index (κ2) is 9.87. The molecule has 0 bridgehead atoms. The number of fused-ring (bicyclic) bond motifs is 2. The van der Waals surface area contributed by atoms with Gasteiger partial charge in [-0.25, -0.2) is 9.37 Å². The van der Waals surface area contributed by atoms with Crippen molar-refractivity contribution in [1.82, 2.24) is 30.0 Å². The fourth-order valence-electron chi connectivity index (χ4n) is 7.38. The molecule has 4 aromatic rings. The summed E-state index contributed by atoms with van der Waals surface area (Å²) in [7, 11) is 4.14. The molecule has 4 fully saturated rings. The molecule has 1 amide bonds. The molecule has 8 rings (SSSR count). The lowest BCUT2D eigenvalue weighted by molar-refractivity contribution is -0.136. The minimum absolute atomic E-state index is 0.00158. The number of likely N-dealkylation sites (tertiary alicyclic amines) is 1. The van der Waals surface area contributed by atoms with E-state index in [9.17, 15) is 4.79 Å². The van der Waals surface area contributed by atoms with Gasteiger partial charge in [0.05, 0.1) is 10.5 Å². The Kier molecular flexibility index (Phi) is 6.23. The van der Waals surface area contributed by atoms with Crippen LogP contribution >= 0.6 is 11.6 Å². The Bertz CT molecular complexity index is 1850. The molecule has 2 aromatic carbocycles. The molecule has 3 saturated heterocycles. The topological polar surface area (TPSA) is 84.5 Å². The maximum absolute atomic E-state index is 17.1. The van der Waals surface area contributed by atoms with Crippen LogP contribution in [0.3, 0.4) is 0 Å². The number of nitrogens with one attached hydrogen (secondary N) is 1. The maximum Gasteiger partial charge on any atom is 0.245 e. The van der Waals surface area contributed by atoms with Gasteiger partial charge in [-0.1, -0.05) is 24.2 Å². The summed E-state index contributed by atoms with van der Waals surface area (Å²) >= 11 is 7.05. The largest absolute Gasteiger partial charge is 0.355 e. The number of aromatic amines is 1. The van der Waals surface area contributed by atoms with Gasteiger partial charge in [-0.15, -0.1) is 0 Å². The third-order valence-corrected chi connectivity index (χ3v) is 10.5. The van der Waals surface area contributed by atoms with Crippen LogP contribution < -0.4 is 9.80 Å². The van der Waals surface area contributed by atoms with Crippen molar-refractivity contribution < 1.29 is 9.18 Å². The smallest absolute Gasteiger partial charge is 0.245 e. The molecule has 11 heteroatoms. The maximum atomic E-state index is 17.1. The molecule has 1 N–H and O–H groups in total. The van der Waals surface area contributed by atoms with Gasteiger partial charge in [-0.05, 0) is 64.1 Å². The van der Waals surface area contributed by atoms with Crippen molar-refractivity contribution in [1.29, 1.82) is 0 Å². The minimum atomic E-state index is -0.430. The van der Waals surface area contributed by atoms with Gasteiger partial charge in [0.2, 0.25) is 11.9 Å². The Morgan fingerprint density at radius 1 is 1.16 bits per heavy atom. The Hall–Kier alpha value is -3.76. The zero-order valence-electron chi connectivity index (χ0n) is 25.3. The van der Waals surface area contributed by atoms with E-state index in [1.807, 2.05) is 30.0 Å². The van der Waals surface area contributed by atoms with Crippen molar-refractivity contribution in [2.24, 2.45) is 5.41 Å². The van der Waals surface area contributed by atoms with Gasteiger partial charge in [0.15, 0.2) is 5.82 Å². The van der Waals surface area contributed by atoms with E-state index in [4.69, 9.17) is 21.6 Å². The highest BCUT2D eigenvalue weighted by Gasteiger charge is 2.49. The van der Waals surface area contributed by atoms with Crippen LogP contribution in [0, 0.1) is 18.2 Å². The van der Waals surface area contributed by atoms with Gasteiger partial charge in [0.1, 0.15) is 11.3 Å². The highest BCUT2D eigenvalue weighted by atomic mass is 35.5. The number of nitrogens with zero attached hydrogens (tertiary/aromatic N) is 7.